The van der Waals surface area contributed by atoms with Gasteiger partial charge in [-0.15, -0.1) is 0 Å². The number of carbonyl (C=O) groups excluding carboxylic acids is 1. The van der Waals surface area contributed by atoms with Crippen LogP contribution < -0.4 is 5.32 Å². The Labute approximate surface area is 141 Å². The number of aromatic nitrogens is 2. The molecule has 0 bridgehead atoms. The van der Waals surface area contributed by atoms with Gasteiger partial charge in [-0.2, -0.15) is 5.10 Å². The van der Waals surface area contributed by atoms with Gasteiger partial charge in [-0.05, 0) is 56.0 Å². The van der Waals surface area contributed by atoms with Crippen molar-refractivity contribution in [3.05, 3.63) is 47.5 Å². The van der Waals surface area contributed by atoms with Gasteiger partial charge in [-0.25, -0.2) is 9.07 Å². The molecule has 130 valence electrons. The average Bonchev–Trinajstić information content (AvgIpc) is 2.95. The first kappa shape index (κ1) is 18.1. The lowest BCUT2D eigenvalue weighted by atomic mass is 10.0. The van der Waals surface area contributed by atoms with E-state index in [1.807, 2.05) is 6.92 Å². The summed E-state index contributed by atoms with van der Waals surface area (Å²) in [5.74, 6) is -0.283. The van der Waals surface area contributed by atoms with E-state index in [-0.39, 0.29) is 24.2 Å². The minimum absolute atomic E-state index is 0.124. The van der Waals surface area contributed by atoms with Gasteiger partial charge in [0.1, 0.15) is 5.82 Å². The van der Waals surface area contributed by atoms with Gasteiger partial charge in [0.15, 0.2) is 5.69 Å². The average molecular weight is 333 g/mol. The number of amides is 1. The Bertz CT molecular complexity index is 661. The number of carbonyl (C=O) groups is 1. The molecule has 1 atom stereocenters. The van der Waals surface area contributed by atoms with Gasteiger partial charge < -0.3 is 10.4 Å². The van der Waals surface area contributed by atoms with Gasteiger partial charge in [0.05, 0.1) is 5.69 Å². The second-order valence-corrected chi connectivity index (χ2v) is 5.94. The molecule has 6 heteroatoms. The third-order valence-corrected chi connectivity index (χ3v) is 3.98. The molecule has 0 saturated carbocycles. The molecule has 5 nitrogen and oxygen atoms in total. The van der Waals surface area contributed by atoms with Crippen molar-refractivity contribution in [2.45, 2.75) is 33.1 Å². The van der Waals surface area contributed by atoms with Crippen LogP contribution in [-0.4, -0.2) is 33.9 Å². The van der Waals surface area contributed by atoms with Crippen LogP contribution in [0.3, 0.4) is 0 Å². The molecule has 0 saturated heterocycles. The van der Waals surface area contributed by atoms with Crippen LogP contribution in [-0.2, 0) is 0 Å². The van der Waals surface area contributed by atoms with E-state index in [4.69, 9.17) is 5.11 Å². The van der Waals surface area contributed by atoms with Gasteiger partial charge in [0, 0.05) is 18.8 Å². The Morgan fingerprint density at radius 2 is 2.04 bits per heavy atom. The normalized spacial score (nSPS) is 12.2. The lowest BCUT2D eigenvalue weighted by Crippen LogP contribution is -2.30. The largest absolute Gasteiger partial charge is 0.396 e. The molecule has 0 fully saturated rings. The lowest BCUT2D eigenvalue weighted by molar-refractivity contribution is 0.0937. The predicted octanol–water partition coefficient (Wildman–Crippen LogP) is 2.85. The minimum atomic E-state index is -0.313. The maximum Gasteiger partial charge on any atom is 0.271 e. The van der Waals surface area contributed by atoms with E-state index in [9.17, 15) is 9.18 Å². The number of benzene rings is 1. The zero-order chi connectivity index (χ0) is 17.5. The molecule has 2 aromatic rings. The maximum atomic E-state index is 13.0. The van der Waals surface area contributed by atoms with Crippen molar-refractivity contribution >= 4 is 5.91 Å². The van der Waals surface area contributed by atoms with E-state index in [1.54, 1.807) is 22.9 Å². The summed E-state index contributed by atoms with van der Waals surface area (Å²) < 4.78 is 14.6. The van der Waals surface area contributed by atoms with Crippen molar-refractivity contribution in [3.8, 4) is 5.69 Å². The summed E-state index contributed by atoms with van der Waals surface area (Å²) in [5.41, 5.74) is 1.83. The molecule has 0 radical (unpaired) electrons. The van der Waals surface area contributed by atoms with Crippen molar-refractivity contribution in [2.24, 2.45) is 5.92 Å². The molecule has 0 aliphatic rings. The van der Waals surface area contributed by atoms with E-state index < -0.39 is 0 Å². The number of aliphatic hydroxyl groups is 1. The van der Waals surface area contributed by atoms with Crippen LogP contribution in [0, 0.1) is 18.7 Å². The fraction of sp³-hybridized carbons (Fsp3) is 0.444. The summed E-state index contributed by atoms with van der Waals surface area (Å²) in [6, 6.07) is 7.67. The Hall–Kier alpha value is -2.21. The summed E-state index contributed by atoms with van der Waals surface area (Å²) in [6.45, 7) is 4.58. The molecule has 0 aliphatic heterocycles. The maximum absolute atomic E-state index is 13.0. The summed E-state index contributed by atoms with van der Waals surface area (Å²) in [7, 11) is 0. The van der Waals surface area contributed by atoms with Crippen LogP contribution in [0.4, 0.5) is 4.39 Å². The quantitative estimate of drug-likeness (QED) is 0.780. The zero-order valence-corrected chi connectivity index (χ0v) is 14.1. The molecule has 1 unspecified atom stereocenters. The first-order chi connectivity index (χ1) is 11.5. The number of nitrogens with zero attached hydrogens (tertiary/aromatic N) is 2. The topological polar surface area (TPSA) is 67.2 Å². The third kappa shape index (κ3) is 4.64. The van der Waals surface area contributed by atoms with Gasteiger partial charge in [0.2, 0.25) is 0 Å². The third-order valence-electron chi connectivity index (χ3n) is 3.98. The molecule has 1 amide bonds. The number of aryl methyl sites for hydroxylation is 1. The second kappa shape index (κ2) is 8.59. The zero-order valence-electron chi connectivity index (χ0n) is 14.1. The molecule has 0 spiro atoms. The Balaban J connectivity index is 2.05. The van der Waals surface area contributed by atoms with Crippen LogP contribution in [0.5, 0.6) is 0 Å². The van der Waals surface area contributed by atoms with E-state index in [0.29, 0.717) is 24.3 Å². The molecule has 1 aromatic heterocycles. The number of hydrogen-bond donors (Lipinski definition) is 2. The monoisotopic (exact) mass is 333 g/mol. The first-order valence-electron chi connectivity index (χ1n) is 8.26. The summed E-state index contributed by atoms with van der Waals surface area (Å²) >= 11 is 0. The van der Waals surface area contributed by atoms with Crippen LogP contribution in [0.1, 0.15) is 42.4 Å². The fourth-order valence-corrected chi connectivity index (χ4v) is 2.70. The van der Waals surface area contributed by atoms with Crippen LogP contribution >= 0.6 is 0 Å². The molecular formula is C18H24FN3O2. The van der Waals surface area contributed by atoms with Crippen LogP contribution in [0.15, 0.2) is 30.3 Å². The highest BCUT2D eigenvalue weighted by Gasteiger charge is 2.15. The van der Waals surface area contributed by atoms with Crippen molar-refractivity contribution in [2.75, 3.05) is 13.2 Å². The SMILES string of the molecule is CCCC(CCO)CNC(=O)c1cc(C)n(-c2ccc(F)cc2)n1. The highest BCUT2D eigenvalue weighted by Crippen LogP contribution is 2.14. The van der Waals surface area contributed by atoms with E-state index in [1.165, 1.54) is 12.1 Å². The lowest BCUT2D eigenvalue weighted by Gasteiger charge is -2.15. The van der Waals surface area contributed by atoms with Crippen molar-refractivity contribution in [3.63, 3.8) is 0 Å². The second-order valence-electron chi connectivity index (χ2n) is 5.94. The number of halogens is 1. The molecule has 2 N–H and O–H groups in total. The van der Waals surface area contributed by atoms with Crippen LogP contribution in [0.25, 0.3) is 5.69 Å². The highest BCUT2D eigenvalue weighted by atomic mass is 19.1. The highest BCUT2D eigenvalue weighted by molar-refractivity contribution is 5.92. The Morgan fingerprint density at radius 1 is 1.33 bits per heavy atom. The number of rotatable bonds is 8. The van der Waals surface area contributed by atoms with E-state index >= 15 is 0 Å². The van der Waals surface area contributed by atoms with Gasteiger partial charge in [-0.3, -0.25) is 4.79 Å². The number of aliphatic hydroxyl groups excluding tert-OH is 1. The number of nitrogens with one attached hydrogen (secondary N) is 1. The van der Waals surface area contributed by atoms with Gasteiger partial charge in [0.25, 0.3) is 5.91 Å². The molecule has 0 aliphatic carbocycles. The minimum Gasteiger partial charge on any atom is -0.396 e. The summed E-state index contributed by atoms with van der Waals surface area (Å²) in [6.07, 6.45) is 2.65. The van der Waals surface area contributed by atoms with Crippen molar-refractivity contribution < 1.29 is 14.3 Å². The van der Waals surface area contributed by atoms with Gasteiger partial charge in [-0.1, -0.05) is 13.3 Å². The molecule has 1 heterocycles. The number of hydrogen-bond acceptors (Lipinski definition) is 3. The fourth-order valence-electron chi connectivity index (χ4n) is 2.70. The molecular weight excluding hydrogens is 309 g/mol. The smallest absolute Gasteiger partial charge is 0.271 e. The van der Waals surface area contributed by atoms with Crippen LogP contribution in [0.2, 0.25) is 0 Å². The Morgan fingerprint density at radius 3 is 2.67 bits per heavy atom. The van der Waals surface area contributed by atoms with Gasteiger partial charge >= 0.3 is 0 Å². The van der Waals surface area contributed by atoms with Crippen molar-refractivity contribution in [1.29, 1.82) is 0 Å². The Kier molecular flexibility index (Phi) is 6.49. The molecule has 1 aromatic carbocycles. The van der Waals surface area contributed by atoms with E-state index in [2.05, 4.69) is 17.3 Å². The van der Waals surface area contributed by atoms with E-state index in [0.717, 1.165) is 18.5 Å². The summed E-state index contributed by atoms with van der Waals surface area (Å²) in [5, 5.41) is 16.3. The molecule has 24 heavy (non-hydrogen) atoms. The summed E-state index contributed by atoms with van der Waals surface area (Å²) in [4.78, 5) is 12.3. The first-order valence-corrected chi connectivity index (χ1v) is 8.26. The standard InChI is InChI=1S/C18H24FN3O2/c1-3-4-14(9-10-23)12-20-18(24)17-11-13(2)22(21-17)16-7-5-15(19)6-8-16/h5-8,11,14,23H,3-4,9-10,12H2,1-2H3,(H,20,24). The molecule has 2 rings (SSSR count). The predicted molar refractivity (Wildman–Crippen MR) is 90.7 cm³/mol. The van der Waals surface area contributed by atoms with Crippen molar-refractivity contribution in [1.82, 2.24) is 15.1 Å².